The van der Waals surface area contributed by atoms with Gasteiger partial charge in [0.1, 0.15) is 12.6 Å². The van der Waals surface area contributed by atoms with E-state index in [4.69, 9.17) is 4.74 Å². The van der Waals surface area contributed by atoms with Crippen molar-refractivity contribution in [1.82, 2.24) is 16.0 Å². The quantitative estimate of drug-likeness (QED) is 0.256. The Hall–Kier alpha value is -4.15. The summed E-state index contributed by atoms with van der Waals surface area (Å²) in [4.78, 5) is 55.7. The Bertz CT molecular complexity index is 1590. The van der Waals surface area contributed by atoms with Crippen LogP contribution in [-0.2, 0) is 32.1 Å². The van der Waals surface area contributed by atoms with Crippen molar-refractivity contribution in [1.29, 1.82) is 0 Å². The lowest BCUT2D eigenvalue weighted by molar-refractivity contribution is -0.143. The van der Waals surface area contributed by atoms with Crippen LogP contribution in [0.15, 0.2) is 71.6 Å². The smallest absolute Gasteiger partial charge is 0.305 e. The maximum Gasteiger partial charge on any atom is 0.305 e. The van der Waals surface area contributed by atoms with Crippen molar-refractivity contribution >= 4 is 41.1 Å². The molecule has 9 nitrogen and oxygen atoms in total. The normalized spacial score (nSPS) is 19.9. The summed E-state index contributed by atoms with van der Waals surface area (Å²) < 4.78 is 5.36. The van der Waals surface area contributed by atoms with Gasteiger partial charge in [0.25, 0.3) is 5.91 Å². The average Bonchev–Trinajstić information content (AvgIpc) is 3.16. The molecule has 4 bridgehead atoms. The highest BCUT2D eigenvalue weighted by Crippen LogP contribution is 2.33. The molecular weight excluding hydrogens is 600 g/mol. The van der Waals surface area contributed by atoms with Crippen molar-refractivity contribution in [3.8, 4) is 11.1 Å². The molecule has 0 unspecified atom stereocenters. The fourth-order valence-electron chi connectivity index (χ4n) is 5.95. The molecule has 242 valence electrons. The minimum absolute atomic E-state index is 0.150. The first-order valence-corrected chi connectivity index (χ1v) is 17.0. The Balaban J connectivity index is 1.46. The number of anilines is 1. The summed E-state index contributed by atoms with van der Waals surface area (Å²) in [6.07, 6.45) is 3.97. The summed E-state index contributed by atoms with van der Waals surface area (Å²) in [5, 5.41) is 9.24. The number of ether oxygens (including phenoxy) is 1. The number of rotatable bonds is 1. The highest BCUT2D eigenvalue weighted by atomic mass is 32.2. The number of esters is 1. The number of aryl methyl sites for hydroxylation is 1. The molecule has 0 fully saturated rings. The van der Waals surface area contributed by atoms with Crippen molar-refractivity contribution < 1.29 is 23.9 Å². The third kappa shape index (κ3) is 8.35. The molecule has 3 N–H and O–H groups in total. The van der Waals surface area contributed by atoms with Crippen LogP contribution >= 0.6 is 11.8 Å². The topological polar surface area (TPSA) is 117 Å². The first-order valence-electron chi connectivity index (χ1n) is 15.8. The summed E-state index contributed by atoms with van der Waals surface area (Å²) in [7, 11) is 0. The Morgan fingerprint density at radius 1 is 0.913 bits per heavy atom. The van der Waals surface area contributed by atoms with Crippen LogP contribution in [0, 0.1) is 0 Å². The number of nitrogens with zero attached hydrogens (tertiary/aromatic N) is 1. The fourth-order valence-corrected chi connectivity index (χ4v) is 6.41. The third-order valence-corrected chi connectivity index (χ3v) is 9.10. The summed E-state index contributed by atoms with van der Waals surface area (Å²) in [5.74, 6) is -0.924. The Morgan fingerprint density at radius 3 is 2.43 bits per heavy atom. The van der Waals surface area contributed by atoms with E-state index in [9.17, 15) is 19.2 Å². The zero-order chi connectivity index (χ0) is 32.7. The van der Waals surface area contributed by atoms with Gasteiger partial charge in [0.05, 0.1) is 6.54 Å². The minimum atomic E-state index is -0.676. The number of hydrogen-bond acceptors (Lipinski definition) is 7. The molecule has 0 radical (unpaired) electrons. The number of carbonyl (C=O) groups is 4. The highest BCUT2D eigenvalue weighted by molar-refractivity contribution is 7.98. The van der Waals surface area contributed by atoms with Gasteiger partial charge in [0.2, 0.25) is 11.8 Å². The van der Waals surface area contributed by atoms with Gasteiger partial charge < -0.3 is 25.6 Å². The predicted octanol–water partition coefficient (Wildman–Crippen LogP) is 4.86. The maximum absolute atomic E-state index is 14.1. The SMILES string of the molecule is CSc1ccc2c(c1)CC[C@H]1NC(=O)CC(C)(C)NCCOC(=O)CCCNC(=O)c3ccccc3-c3ccc(cc3)CN2C1=O. The number of benzene rings is 3. The molecule has 3 amide bonds. The van der Waals surface area contributed by atoms with Crippen molar-refractivity contribution in [2.45, 2.75) is 69.0 Å². The monoisotopic (exact) mass is 642 g/mol. The van der Waals surface area contributed by atoms with Crippen LogP contribution in [0.2, 0.25) is 0 Å². The molecule has 1 atom stereocenters. The van der Waals surface area contributed by atoms with Gasteiger partial charge in [0.15, 0.2) is 0 Å². The minimum Gasteiger partial charge on any atom is -0.464 e. The average molecular weight is 643 g/mol. The van der Waals surface area contributed by atoms with E-state index < -0.39 is 11.6 Å². The number of fused-ring (bicyclic) bond motifs is 16. The number of amides is 3. The summed E-state index contributed by atoms with van der Waals surface area (Å²) >= 11 is 1.65. The summed E-state index contributed by atoms with van der Waals surface area (Å²) in [6, 6.07) is 20.8. The van der Waals surface area contributed by atoms with E-state index in [2.05, 4.69) is 22.0 Å². The van der Waals surface area contributed by atoms with Crippen LogP contribution in [-0.4, -0.2) is 61.2 Å². The molecule has 3 aromatic carbocycles. The van der Waals surface area contributed by atoms with E-state index in [0.29, 0.717) is 44.5 Å². The van der Waals surface area contributed by atoms with Gasteiger partial charge in [-0.1, -0.05) is 42.5 Å². The Kier molecular flexibility index (Phi) is 10.8. The zero-order valence-electron chi connectivity index (χ0n) is 26.7. The maximum atomic E-state index is 14.1. The van der Waals surface area contributed by atoms with Crippen LogP contribution in [0.1, 0.15) is 61.0 Å². The van der Waals surface area contributed by atoms with Crippen LogP contribution in [0.4, 0.5) is 5.69 Å². The van der Waals surface area contributed by atoms with Crippen molar-refractivity contribution in [3.05, 3.63) is 83.4 Å². The molecule has 0 saturated carbocycles. The highest BCUT2D eigenvalue weighted by Gasteiger charge is 2.33. The van der Waals surface area contributed by atoms with Crippen molar-refractivity contribution in [2.75, 3.05) is 30.9 Å². The molecule has 0 spiro atoms. The Labute approximate surface area is 274 Å². The molecule has 3 heterocycles. The van der Waals surface area contributed by atoms with E-state index in [1.54, 1.807) is 22.7 Å². The molecule has 0 saturated heterocycles. The van der Waals surface area contributed by atoms with E-state index in [-0.39, 0.29) is 43.1 Å². The number of hydrogen-bond donors (Lipinski definition) is 3. The van der Waals surface area contributed by atoms with Gasteiger partial charge >= 0.3 is 5.97 Å². The number of nitrogens with one attached hydrogen (secondary N) is 3. The van der Waals surface area contributed by atoms with Crippen LogP contribution < -0.4 is 20.9 Å². The lowest BCUT2D eigenvalue weighted by Crippen LogP contribution is -2.51. The second-order valence-electron chi connectivity index (χ2n) is 12.4. The molecular formula is C36H42N4O5S. The number of carbonyl (C=O) groups excluding carboxylic acids is 4. The number of thioether (sulfide) groups is 1. The van der Waals surface area contributed by atoms with Gasteiger partial charge in [-0.2, -0.15) is 0 Å². The molecule has 3 aromatic rings. The predicted molar refractivity (Wildman–Crippen MR) is 181 cm³/mol. The fraction of sp³-hybridized carbons (Fsp3) is 0.389. The van der Waals surface area contributed by atoms with E-state index >= 15 is 0 Å². The van der Waals surface area contributed by atoms with Crippen LogP contribution in [0.25, 0.3) is 11.1 Å². The third-order valence-electron chi connectivity index (χ3n) is 8.37. The molecule has 6 rings (SSSR count). The van der Waals surface area contributed by atoms with Gasteiger partial charge in [-0.3, -0.25) is 19.2 Å². The molecule has 3 aliphatic heterocycles. The summed E-state index contributed by atoms with van der Waals surface area (Å²) in [5.41, 5.74) is 4.47. The van der Waals surface area contributed by atoms with E-state index in [1.165, 1.54) is 0 Å². The second kappa shape index (κ2) is 15.0. The van der Waals surface area contributed by atoms with Crippen molar-refractivity contribution in [3.63, 3.8) is 0 Å². The molecule has 3 aliphatic rings. The lowest BCUT2D eigenvalue weighted by Gasteiger charge is -2.29. The first kappa shape index (κ1) is 33.2. The molecule has 10 heteroatoms. The molecule has 0 aromatic heterocycles. The lowest BCUT2D eigenvalue weighted by atomic mass is 9.98. The van der Waals surface area contributed by atoms with Crippen molar-refractivity contribution in [2.24, 2.45) is 0 Å². The summed E-state index contributed by atoms with van der Waals surface area (Å²) in [6.45, 7) is 5.03. The van der Waals surface area contributed by atoms with Crippen LogP contribution in [0.5, 0.6) is 0 Å². The van der Waals surface area contributed by atoms with Gasteiger partial charge in [-0.25, -0.2) is 0 Å². The van der Waals surface area contributed by atoms with Gasteiger partial charge in [-0.05, 0) is 85.9 Å². The zero-order valence-corrected chi connectivity index (χ0v) is 27.5. The van der Waals surface area contributed by atoms with Crippen LogP contribution in [0.3, 0.4) is 0 Å². The Morgan fingerprint density at radius 2 is 1.67 bits per heavy atom. The molecule has 46 heavy (non-hydrogen) atoms. The van der Waals surface area contributed by atoms with E-state index in [1.807, 2.05) is 74.7 Å². The van der Waals surface area contributed by atoms with Gasteiger partial charge in [-0.15, -0.1) is 11.8 Å². The second-order valence-corrected chi connectivity index (χ2v) is 13.3. The van der Waals surface area contributed by atoms with E-state index in [0.717, 1.165) is 32.8 Å². The molecule has 0 aliphatic carbocycles. The van der Waals surface area contributed by atoms with Gasteiger partial charge in [0, 0.05) is 47.6 Å². The largest absolute Gasteiger partial charge is 0.464 e. The standard InChI is InChI=1S/C36H42N4O5S/c1-36(2)22-32(41)39-30-16-14-26-21-27(46-3)15-17-31(26)40(35(30)44)23-24-10-12-25(13-11-24)28-7-4-5-8-29(28)34(43)37-18-6-9-33(42)45-20-19-38-36/h4-5,7-8,10-13,15,17,21,30,38H,6,9,14,16,18-20,22-23H2,1-3H3,(H,37,43)(H,39,41)/t30-/m1/s1. The first-order chi connectivity index (χ1) is 22.1.